The largest absolute Gasteiger partial charge is 0.481 e. The first kappa shape index (κ1) is 12.8. The smallest absolute Gasteiger partial charge is 0.334 e. The Morgan fingerprint density at radius 3 is 2.57 bits per heavy atom. The summed E-state index contributed by atoms with van der Waals surface area (Å²) >= 11 is 0. The number of alkyl halides is 1. The summed E-state index contributed by atoms with van der Waals surface area (Å²) in [6.45, 7) is -0.696. The lowest BCUT2D eigenvalue weighted by molar-refractivity contribution is -0.154. The highest BCUT2D eigenvalue weighted by molar-refractivity contribution is 5.75. The van der Waals surface area contributed by atoms with Crippen molar-refractivity contribution in [3.05, 3.63) is 0 Å². The summed E-state index contributed by atoms with van der Waals surface area (Å²) in [5, 5.41) is 17.3. The van der Waals surface area contributed by atoms with Crippen molar-refractivity contribution in [3.8, 4) is 0 Å². The Morgan fingerprint density at radius 2 is 2.07 bits per heavy atom. The van der Waals surface area contributed by atoms with Gasteiger partial charge in [-0.05, 0) is 6.42 Å². The molecule has 0 saturated heterocycles. The summed E-state index contributed by atoms with van der Waals surface area (Å²) in [5.74, 6) is -2.00. The van der Waals surface area contributed by atoms with Crippen LogP contribution in [0.1, 0.15) is 19.3 Å². The van der Waals surface area contributed by atoms with E-state index in [0.29, 0.717) is 0 Å². The molecule has 0 aliphatic rings. The van der Waals surface area contributed by atoms with Crippen LogP contribution in [-0.4, -0.2) is 41.5 Å². The molecule has 5 nitrogen and oxygen atoms in total. The molecule has 0 aromatic rings. The predicted molar refractivity (Wildman–Crippen MR) is 44.4 cm³/mol. The van der Waals surface area contributed by atoms with Crippen LogP contribution >= 0.6 is 0 Å². The Labute approximate surface area is 80.5 Å². The first-order valence-corrected chi connectivity index (χ1v) is 4.20. The number of carboxylic acid groups (broad SMARTS) is 1. The van der Waals surface area contributed by atoms with Crippen LogP contribution in [-0.2, 0) is 14.3 Å². The van der Waals surface area contributed by atoms with Crippen molar-refractivity contribution in [3.63, 3.8) is 0 Å². The standard InChI is InChI=1S/C8H13FO5/c9-4-1-5-14-8(13)6(10)2-3-7(11)12/h6,10H,1-5H2,(H,11,12). The van der Waals surface area contributed by atoms with Gasteiger partial charge in [0.15, 0.2) is 6.10 Å². The van der Waals surface area contributed by atoms with Gasteiger partial charge in [0.1, 0.15) is 0 Å². The third-order valence-corrected chi connectivity index (χ3v) is 1.43. The fourth-order valence-corrected chi connectivity index (χ4v) is 0.702. The highest BCUT2D eigenvalue weighted by Crippen LogP contribution is 2.00. The second-order valence-electron chi connectivity index (χ2n) is 2.66. The molecular weight excluding hydrogens is 195 g/mol. The van der Waals surface area contributed by atoms with E-state index >= 15 is 0 Å². The summed E-state index contributed by atoms with van der Waals surface area (Å²) in [6, 6.07) is 0. The Morgan fingerprint density at radius 1 is 1.43 bits per heavy atom. The van der Waals surface area contributed by atoms with E-state index in [-0.39, 0.29) is 25.9 Å². The van der Waals surface area contributed by atoms with Crippen molar-refractivity contribution in [1.29, 1.82) is 0 Å². The molecule has 0 rings (SSSR count). The van der Waals surface area contributed by atoms with Gasteiger partial charge in [-0.1, -0.05) is 0 Å². The molecule has 14 heavy (non-hydrogen) atoms. The van der Waals surface area contributed by atoms with E-state index in [2.05, 4.69) is 4.74 Å². The van der Waals surface area contributed by atoms with E-state index in [4.69, 9.17) is 10.2 Å². The maximum Gasteiger partial charge on any atom is 0.334 e. The number of ether oxygens (including phenoxy) is 1. The number of aliphatic hydroxyl groups excluding tert-OH is 1. The van der Waals surface area contributed by atoms with Crippen molar-refractivity contribution >= 4 is 11.9 Å². The Balaban J connectivity index is 3.59. The molecule has 0 aromatic carbocycles. The number of esters is 1. The average Bonchev–Trinajstić information content (AvgIpc) is 2.14. The number of carbonyl (C=O) groups excluding carboxylic acids is 1. The number of rotatable bonds is 7. The quantitative estimate of drug-likeness (QED) is 0.458. The molecular formula is C8H13FO5. The minimum Gasteiger partial charge on any atom is -0.481 e. The lowest BCUT2D eigenvalue weighted by atomic mass is 10.2. The van der Waals surface area contributed by atoms with E-state index < -0.39 is 24.7 Å². The van der Waals surface area contributed by atoms with Gasteiger partial charge in [0, 0.05) is 12.8 Å². The first-order chi connectivity index (χ1) is 6.57. The third-order valence-electron chi connectivity index (χ3n) is 1.43. The highest BCUT2D eigenvalue weighted by Gasteiger charge is 2.17. The highest BCUT2D eigenvalue weighted by atomic mass is 19.1. The van der Waals surface area contributed by atoms with Gasteiger partial charge < -0.3 is 14.9 Å². The molecule has 0 heterocycles. The topological polar surface area (TPSA) is 83.8 Å². The molecule has 0 aromatic heterocycles. The summed E-state index contributed by atoms with van der Waals surface area (Å²) in [6.07, 6.45) is -1.86. The van der Waals surface area contributed by atoms with Crippen LogP contribution in [0.3, 0.4) is 0 Å². The number of halogens is 1. The Bertz CT molecular complexity index is 194. The van der Waals surface area contributed by atoms with Gasteiger partial charge in [0.05, 0.1) is 13.3 Å². The minimum atomic E-state index is -1.44. The van der Waals surface area contributed by atoms with E-state index in [9.17, 15) is 14.0 Å². The fraction of sp³-hybridized carbons (Fsp3) is 0.750. The van der Waals surface area contributed by atoms with Gasteiger partial charge in [0.25, 0.3) is 0 Å². The third kappa shape index (κ3) is 6.36. The molecule has 0 aliphatic heterocycles. The molecule has 0 saturated carbocycles. The van der Waals surface area contributed by atoms with Crippen LogP contribution in [0.5, 0.6) is 0 Å². The van der Waals surface area contributed by atoms with Gasteiger partial charge >= 0.3 is 11.9 Å². The zero-order valence-electron chi connectivity index (χ0n) is 7.61. The lowest BCUT2D eigenvalue weighted by Crippen LogP contribution is -2.24. The number of carbonyl (C=O) groups is 2. The van der Waals surface area contributed by atoms with E-state index in [0.717, 1.165) is 0 Å². The van der Waals surface area contributed by atoms with Crippen LogP contribution in [0.15, 0.2) is 0 Å². The summed E-state index contributed by atoms with van der Waals surface area (Å²) in [7, 11) is 0. The van der Waals surface area contributed by atoms with Crippen molar-refractivity contribution in [2.45, 2.75) is 25.4 Å². The molecule has 0 fully saturated rings. The predicted octanol–water partition coefficient (Wildman–Crippen LogP) is 0.115. The van der Waals surface area contributed by atoms with Crippen molar-refractivity contribution in [2.24, 2.45) is 0 Å². The number of hydrogen-bond acceptors (Lipinski definition) is 4. The molecule has 0 aliphatic carbocycles. The molecule has 6 heteroatoms. The maximum atomic E-state index is 11.6. The second kappa shape index (κ2) is 7.25. The number of aliphatic hydroxyl groups is 1. The molecule has 0 spiro atoms. The van der Waals surface area contributed by atoms with Crippen molar-refractivity contribution in [1.82, 2.24) is 0 Å². The molecule has 1 atom stereocenters. The summed E-state index contributed by atoms with van der Waals surface area (Å²) < 4.78 is 16.0. The molecule has 2 N–H and O–H groups in total. The Hall–Kier alpha value is -1.17. The second-order valence-corrected chi connectivity index (χ2v) is 2.66. The first-order valence-electron chi connectivity index (χ1n) is 4.20. The lowest BCUT2D eigenvalue weighted by Gasteiger charge is -2.08. The molecule has 0 radical (unpaired) electrons. The van der Waals surface area contributed by atoms with Gasteiger partial charge in [0.2, 0.25) is 0 Å². The maximum absolute atomic E-state index is 11.6. The molecule has 0 amide bonds. The summed E-state index contributed by atoms with van der Waals surface area (Å²) in [5.41, 5.74) is 0. The summed E-state index contributed by atoms with van der Waals surface area (Å²) in [4.78, 5) is 20.9. The van der Waals surface area contributed by atoms with E-state index in [1.165, 1.54) is 0 Å². The van der Waals surface area contributed by atoms with E-state index in [1.54, 1.807) is 0 Å². The van der Waals surface area contributed by atoms with Crippen molar-refractivity contribution < 1.29 is 28.9 Å². The van der Waals surface area contributed by atoms with Gasteiger partial charge in [-0.25, -0.2) is 4.79 Å². The minimum absolute atomic E-state index is 0.0807. The number of hydrogen-bond donors (Lipinski definition) is 2. The van der Waals surface area contributed by atoms with Crippen molar-refractivity contribution in [2.75, 3.05) is 13.3 Å². The van der Waals surface area contributed by atoms with Crippen LogP contribution in [0.4, 0.5) is 4.39 Å². The normalized spacial score (nSPS) is 12.1. The fourth-order valence-electron chi connectivity index (χ4n) is 0.702. The van der Waals surface area contributed by atoms with Gasteiger partial charge in [-0.2, -0.15) is 0 Å². The van der Waals surface area contributed by atoms with Crippen LogP contribution < -0.4 is 0 Å². The van der Waals surface area contributed by atoms with Crippen LogP contribution in [0.25, 0.3) is 0 Å². The van der Waals surface area contributed by atoms with Gasteiger partial charge in [-0.15, -0.1) is 0 Å². The zero-order valence-corrected chi connectivity index (χ0v) is 7.61. The Kier molecular flexibility index (Phi) is 6.65. The number of aliphatic carboxylic acids is 1. The SMILES string of the molecule is O=C(O)CCC(O)C(=O)OCCCF. The van der Waals surface area contributed by atoms with Crippen LogP contribution in [0, 0.1) is 0 Å². The van der Waals surface area contributed by atoms with Crippen LogP contribution in [0.2, 0.25) is 0 Å². The molecule has 1 unspecified atom stereocenters. The van der Waals surface area contributed by atoms with Gasteiger partial charge in [-0.3, -0.25) is 9.18 Å². The molecule has 0 bridgehead atoms. The molecule has 82 valence electrons. The van der Waals surface area contributed by atoms with E-state index in [1.807, 2.05) is 0 Å². The average molecular weight is 208 g/mol. The number of carboxylic acids is 1. The monoisotopic (exact) mass is 208 g/mol. The zero-order chi connectivity index (χ0) is 11.0.